The SMILES string of the molecule is COc1cc(C)c(CN=[N+]=[N-])c(C)c1C. The summed E-state index contributed by atoms with van der Waals surface area (Å²) in [4.78, 5) is 2.78. The van der Waals surface area contributed by atoms with Crippen molar-refractivity contribution >= 4 is 0 Å². The van der Waals surface area contributed by atoms with Crippen LogP contribution in [0.5, 0.6) is 5.75 Å². The van der Waals surface area contributed by atoms with Crippen LogP contribution >= 0.6 is 0 Å². The zero-order valence-electron chi connectivity index (χ0n) is 9.53. The average Bonchev–Trinajstić information content (AvgIpc) is 2.23. The second-order valence-corrected chi connectivity index (χ2v) is 3.51. The summed E-state index contributed by atoms with van der Waals surface area (Å²) < 4.78 is 5.26. The predicted molar refractivity (Wildman–Crippen MR) is 60.1 cm³/mol. The average molecular weight is 205 g/mol. The maximum Gasteiger partial charge on any atom is 0.122 e. The molecule has 1 aromatic carbocycles. The molecule has 4 heteroatoms. The monoisotopic (exact) mass is 205 g/mol. The molecular formula is C11H15N3O. The van der Waals surface area contributed by atoms with Gasteiger partial charge in [-0.1, -0.05) is 5.11 Å². The van der Waals surface area contributed by atoms with E-state index < -0.39 is 0 Å². The Balaban J connectivity index is 3.28. The van der Waals surface area contributed by atoms with Gasteiger partial charge < -0.3 is 4.74 Å². The highest BCUT2D eigenvalue weighted by Gasteiger charge is 2.09. The summed E-state index contributed by atoms with van der Waals surface area (Å²) in [5.74, 6) is 0.884. The molecular weight excluding hydrogens is 190 g/mol. The van der Waals surface area contributed by atoms with Crippen molar-refractivity contribution in [2.24, 2.45) is 5.11 Å². The molecule has 0 bridgehead atoms. The third-order valence-corrected chi connectivity index (χ3v) is 2.72. The second-order valence-electron chi connectivity index (χ2n) is 3.51. The standard InChI is InChI=1S/C11H15N3O/c1-7-5-11(15-4)9(3)8(2)10(7)6-13-14-12/h5H,6H2,1-4H3. The van der Waals surface area contributed by atoms with Crippen LogP contribution in [0.3, 0.4) is 0 Å². The lowest BCUT2D eigenvalue weighted by Gasteiger charge is -2.14. The summed E-state index contributed by atoms with van der Waals surface area (Å²) in [5.41, 5.74) is 12.7. The Morgan fingerprint density at radius 1 is 1.33 bits per heavy atom. The van der Waals surface area contributed by atoms with Gasteiger partial charge in [0.05, 0.1) is 13.7 Å². The Morgan fingerprint density at radius 2 is 2.00 bits per heavy atom. The molecule has 0 atom stereocenters. The first-order chi connectivity index (χ1) is 7.11. The summed E-state index contributed by atoms with van der Waals surface area (Å²) in [7, 11) is 1.66. The number of azide groups is 1. The molecule has 1 aromatic rings. The van der Waals surface area contributed by atoms with E-state index in [0.717, 1.165) is 28.0 Å². The lowest BCUT2D eigenvalue weighted by molar-refractivity contribution is 0.410. The van der Waals surface area contributed by atoms with Crippen LogP contribution in [0.1, 0.15) is 22.3 Å². The van der Waals surface area contributed by atoms with Gasteiger partial charge in [-0.3, -0.25) is 0 Å². The molecule has 0 spiro atoms. The third-order valence-electron chi connectivity index (χ3n) is 2.72. The molecule has 0 fully saturated rings. The number of methoxy groups -OCH3 is 1. The van der Waals surface area contributed by atoms with Gasteiger partial charge in [-0.2, -0.15) is 0 Å². The molecule has 0 saturated carbocycles. The molecule has 0 aliphatic rings. The van der Waals surface area contributed by atoms with Crippen molar-refractivity contribution in [3.63, 3.8) is 0 Å². The summed E-state index contributed by atoms with van der Waals surface area (Å²) in [6.07, 6.45) is 0. The van der Waals surface area contributed by atoms with Crippen molar-refractivity contribution in [3.8, 4) is 5.75 Å². The van der Waals surface area contributed by atoms with E-state index in [1.165, 1.54) is 0 Å². The molecule has 0 amide bonds. The maximum absolute atomic E-state index is 8.31. The van der Waals surface area contributed by atoms with Crippen molar-refractivity contribution in [2.45, 2.75) is 27.3 Å². The first-order valence-electron chi connectivity index (χ1n) is 4.76. The van der Waals surface area contributed by atoms with E-state index in [9.17, 15) is 0 Å². The Hall–Kier alpha value is -1.67. The van der Waals surface area contributed by atoms with Gasteiger partial charge in [0.2, 0.25) is 0 Å². The Bertz CT molecular complexity index is 420. The second kappa shape index (κ2) is 4.71. The van der Waals surface area contributed by atoms with E-state index in [1.54, 1.807) is 7.11 Å². The number of benzene rings is 1. The highest BCUT2D eigenvalue weighted by Crippen LogP contribution is 2.27. The van der Waals surface area contributed by atoms with Crippen LogP contribution in [0.25, 0.3) is 10.4 Å². The minimum Gasteiger partial charge on any atom is -0.496 e. The van der Waals surface area contributed by atoms with E-state index in [1.807, 2.05) is 26.8 Å². The first-order valence-corrected chi connectivity index (χ1v) is 4.76. The van der Waals surface area contributed by atoms with Gasteiger partial charge in [0, 0.05) is 4.91 Å². The number of ether oxygens (including phenoxy) is 1. The van der Waals surface area contributed by atoms with Crippen LogP contribution in [0.15, 0.2) is 11.2 Å². The quantitative estimate of drug-likeness (QED) is 0.423. The fourth-order valence-corrected chi connectivity index (χ4v) is 1.66. The van der Waals surface area contributed by atoms with Gasteiger partial charge in [-0.25, -0.2) is 0 Å². The molecule has 0 saturated heterocycles. The first kappa shape index (κ1) is 11.4. The lowest BCUT2D eigenvalue weighted by atomic mass is 9.97. The maximum atomic E-state index is 8.31. The van der Waals surface area contributed by atoms with Crippen LogP contribution < -0.4 is 4.74 Å². The van der Waals surface area contributed by atoms with Crippen LogP contribution in [0.4, 0.5) is 0 Å². The Morgan fingerprint density at radius 3 is 2.53 bits per heavy atom. The van der Waals surface area contributed by atoms with Gasteiger partial charge >= 0.3 is 0 Å². The summed E-state index contributed by atoms with van der Waals surface area (Å²) in [6, 6.07) is 1.98. The lowest BCUT2D eigenvalue weighted by Crippen LogP contribution is -1.98. The highest BCUT2D eigenvalue weighted by molar-refractivity contribution is 5.48. The molecule has 0 aliphatic heterocycles. The van der Waals surface area contributed by atoms with Crippen molar-refractivity contribution < 1.29 is 4.74 Å². The Labute approximate surface area is 89.5 Å². The number of hydrogen-bond donors (Lipinski definition) is 0. The van der Waals surface area contributed by atoms with E-state index in [2.05, 4.69) is 10.0 Å². The molecule has 80 valence electrons. The van der Waals surface area contributed by atoms with Crippen molar-refractivity contribution in [1.82, 2.24) is 0 Å². The van der Waals surface area contributed by atoms with E-state index in [-0.39, 0.29) is 0 Å². The summed E-state index contributed by atoms with van der Waals surface area (Å²) in [5, 5.41) is 3.60. The minimum absolute atomic E-state index is 0.402. The van der Waals surface area contributed by atoms with Gasteiger partial charge in [-0.15, -0.1) is 0 Å². The largest absolute Gasteiger partial charge is 0.496 e. The van der Waals surface area contributed by atoms with Crippen LogP contribution in [0.2, 0.25) is 0 Å². The molecule has 0 aromatic heterocycles. The van der Waals surface area contributed by atoms with Crippen molar-refractivity contribution in [1.29, 1.82) is 0 Å². The van der Waals surface area contributed by atoms with Crippen LogP contribution in [-0.4, -0.2) is 7.11 Å². The van der Waals surface area contributed by atoms with Crippen molar-refractivity contribution in [2.75, 3.05) is 7.11 Å². The zero-order chi connectivity index (χ0) is 11.4. The summed E-state index contributed by atoms with van der Waals surface area (Å²) >= 11 is 0. The fourth-order valence-electron chi connectivity index (χ4n) is 1.66. The smallest absolute Gasteiger partial charge is 0.122 e. The van der Waals surface area contributed by atoms with Gasteiger partial charge in [0.25, 0.3) is 0 Å². The molecule has 0 unspecified atom stereocenters. The van der Waals surface area contributed by atoms with Crippen LogP contribution in [0, 0.1) is 20.8 Å². The fraction of sp³-hybridized carbons (Fsp3) is 0.455. The van der Waals surface area contributed by atoms with Crippen molar-refractivity contribution in [3.05, 3.63) is 38.8 Å². The van der Waals surface area contributed by atoms with Gasteiger partial charge in [0.1, 0.15) is 5.75 Å². The highest BCUT2D eigenvalue weighted by atomic mass is 16.5. The normalized spacial score (nSPS) is 9.60. The van der Waals surface area contributed by atoms with Gasteiger partial charge in [-0.05, 0) is 54.6 Å². The molecule has 0 N–H and O–H groups in total. The number of rotatable bonds is 3. The van der Waals surface area contributed by atoms with Crippen LogP contribution in [-0.2, 0) is 6.54 Å². The molecule has 0 radical (unpaired) electrons. The van der Waals surface area contributed by atoms with Gasteiger partial charge in [0.15, 0.2) is 0 Å². The molecule has 0 heterocycles. The Kier molecular flexibility index (Phi) is 3.58. The number of aryl methyl sites for hydroxylation is 1. The summed E-state index contributed by atoms with van der Waals surface area (Å²) in [6.45, 7) is 6.43. The molecule has 4 nitrogen and oxygen atoms in total. The topological polar surface area (TPSA) is 58.0 Å². The molecule has 15 heavy (non-hydrogen) atoms. The van der Waals surface area contributed by atoms with E-state index >= 15 is 0 Å². The molecule has 1 rings (SSSR count). The number of hydrogen-bond acceptors (Lipinski definition) is 2. The third kappa shape index (κ3) is 2.22. The minimum atomic E-state index is 0.402. The predicted octanol–water partition coefficient (Wildman–Crippen LogP) is 3.43. The van der Waals surface area contributed by atoms with E-state index in [4.69, 9.17) is 10.3 Å². The number of nitrogens with zero attached hydrogens (tertiary/aromatic N) is 3. The van der Waals surface area contributed by atoms with E-state index in [0.29, 0.717) is 6.54 Å². The molecule has 0 aliphatic carbocycles. The zero-order valence-corrected chi connectivity index (χ0v) is 9.53.